The van der Waals surface area contributed by atoms with E-state index in [0.29, 0.717) is 12.5 Å². The van der Waals surface area contributed by atoms with E-state index in [-0.39, 0.29) is 0 Å². The largest absolute Gasteiger partial charge is 0.463 e. The molecule has 1 atom stereocenters. The number of carbonyl (C=O) groups is 1. The van der Waals surface area contributed by atoms with Gasteiger partial charge in [-0.3, -0.25) is 4.79 Å². The summed E-state index contributed by atoms with van der Waals surface area (Å²) in [4.78, 5) is 11.1. The molecular formula is C12H18F5NO2. The normalized spacial score (nSPS) is 18.8. The lowest BCUT2D eigenvalue weighted by molar-refractivity contribution is -0.270. The molecule has 0 aliphatic heterocycles. The summed E-state index contributed by atoms with van der Waals surface area (Å²) >= 11 is 0. The number of carbonyl (C=O) groups excluding carboxylic acids is 1. The van der Waals surface area contributed by atoms with Crippen molar-refractivity contribution in [1.82, 2.24) is 5.32 Å². The van der Waals surface area contributed by atoms with Gasteiger partial charge in [-0.15, -0.1) is 0 Å². The molecule has 0 spiro atoms. The molecule has 1 saturated carbocycles. The first kappa shape index (κ1) is 17.1. The average Bonchev–Trinajstić information content (AvgIpc) is 3.08. The predicted molar refractivity (Wildman–Crippen MR) is 61.4 cm³/mol. The van der Waals surface area contributed by atoms with E-state index in [1.165, 1.54) is 20.8 Å². The molecule has 118 valence electrons. The molecule has 0 heterocycles. The summed E-state index contributed by atoms with van der Waals surface area (Å²) in [6.45, 7) is 4.80. The van der Waals surface area contributed by atoms with Gasteiger partial charge in [0.2, 0.25) is 0 Å². The van der Waals surface area contributed by atoms with Gasteiger partial charge in [0.15, 0.2) is 0 Å². The molecule has 0 bridgehead atoms. The lowest BCUT2D eigenvalue weighted by Crippen LogP contribution is -2.57. The zero-order valence-corrected chi connectivity index (χ0v) is 11.5. The van der Waals surface area contributed by atoms with Crippen molar-refractivity contribution < 1.29 is 31.5 Å². The average molecular weight is 303 g/mol. The van der Waals surface area contributed by atoms with E-state index >= 15 is 0 Å². The van der Waals surface area contributed by atoms with Crippen molar-refractivity contribution in [2.24, 2.45) is 5.92 Å². The Hall–Kier alpha value is -0.920. The molecule has 1 N–H and O–H groups in total. The van der Waals surface area contributed by atoms with Crippen LogP contribution in [-0.2, 0) is 9.53 Å². The Morgan fingerprint density at radius 3 is 2.15 bits per heavy atom. The first-order valence-corrected chi connectivity index (χ1v) is 6.27. The van der Waals surface area contributed by atoms with Crippen LogP contribution in [0.2, 0.25) is 0 Å². The maximum Gasteiger partial charge on any atom is 0.463 e. The van der Waals surface area contributed by atoms with Crippen molar-refractivity contribution in [3.05, 3.63) is 0 Å². The van der Waals surface area contributed by atoms with Crippen LogP contribution in [0.15, 0.2) is 0 Å². The maximum atomic E-state index is 12.8. The minimum absolute atomic E-state index is 0.406. The van der Waals surface area contributed by atoms with Crippen LogP contribution in [0, 0.1) is 5.92 Å². The van der Waals surface area contributed by atoms with Crippen molar-refractivity contribution in [2.75, 3.05) is 6.61 Å². The van der Waals surface area contributed by atoms with Gasteiger partial charge in [0, 0.05) is 0 Å². The SMILES string of the molecule is CC(NC(=O)C(F)(F)C(F)(F)F)C(C)(C)OCC1CC1. The topological polar surface area (TPSA) is 38.3 Å². The van der Waals surface area contributed by atoms with Crippen LogP contribution >= 0.6 is 0 Å². The summed E-state index contributed by atoms with van der Waals surface area (Å²) in [5, 5.41) is 1.68. The molecule has 1 aliphatic carbocycles. The lowest BCUT2D eigenvalue weighted by Gasteiger charge is -2.33. The summed E-state index contributed by atoms with van der Waals surface area (Å²) in [7, 11) is 0. The van der Waals surface area contributed by atoms with Crippen LogP contribution in [0.3, 0.4) is 0 Å². The fourth-order valence-electron chi connectivity index (χ4n) is 1.33. The van der Waals surface area contributed by atoms with E-state index < -0.39 is 29.6 Å². The third kappa shape index (κ3) is 4.04. The van der Waals surface area contributed by atoms with Crippen LogP contribution < -0.4 is 5.32 Å². The van der Waals surface area contributed by atoms with E-state index in [1.807, 2.05) is 0 Å². The predicted octanol–water partition coefficient (Wildman–Crippen LogP) is 2.89. The van der Waals surface area contributed by atoms with Gasteiger partial charge >= 0.3 is 18.0 Å². The van der Waals surface area contributed by atoms with Gasteiger partial charge in [-0.2, -0.15) is 22.0 Å². The molecule has 0 aromatic heterocycles. The molecule has 1 amide bonds. The highest BCUT2D eigenvalue weighted by Gasteiger charge is 2.63. The molecule has 1 aliphatic rings. The Morgan fingerprint density at radius 1 is 1.25 bits per heavy atom. The van der Waals surface area contributed by atoms with Gasteiger partial charge in [0.1, 0.15) is 0 Å². The Bertz CT molecular complexity index is 363. The number of hydrogen-bond donors (Lipinski definition) is 1. The van der Waals surface area contributed by atoms with E-state index in [9.17, 15) is 26.7 Å². The fourth-order valence-corrected chi connectivity index (χ4v) is 1.33. The van der Waals surface area contributed by atoms with Gasteiger partial charge < -0.3 is 10.1 Å². The van der Waals surface area contributed by atoms with E-state index in [1.54, 1.807) is 5.32 Å². The monoisotopic (exact) mass is 303 g/mol. The molecule has 1 rings (SSSR count). The molecule has 3 nitrogen and oxygen atoms in total. The fraction of sp³-hybridized carbons (Fsp3) is 0.917. The smallest absolute Gasteiger partial charge is 0.373 e. The minimum Gasteiger partial charge on any atom is -0.373 e. The van der Waals surface area contributed by atoms with Gasteiger partial charge in [-0.1, -0.05) is 0 Å². The van der Waals surface area contributed by atoms with E-state index in [4.69, 9.17) is 4.74 Å². The van der Waals surface area contributed by atoms with Crippen LogP contribution in [0.1, 0.15) is 33.6 Å². The summed E-state index contributed by atoms with van der Waals surface area (Å²) in [5.74, 6) is -7.36. The van der Waals surface area contributed by atoms with Gasteiger partial charge in [0.05, 0.1) is 18.2 Å². The molecule has 0 aromatic carbocycles. The van der Waals surface area contributed by atoms with Crippen molar-refractivity contribution in [1.29, 1.82) is 0 Å². The molecule has 1 fully saturated rings. The number of nitrogens with one attached hydrogen (secondary N) is 1. The molecule has 0 radical (unpaired) electrons. The molecule has 1 unspecified atom stereocenters. The number of rotatable bonds is 6. The lowest BCUT2D eigenvalue weighted by atomic mass is 10.00. The Balaban J connectivity index is 2.59. The van der Waals surface area contributed by atoms with E-state index in [0.717, 1.165) is 12.8 Å². The van der Waals surface area contributed by atoms with Crippen molar-refractivity contribution in [3.8, 4) is 0 Å². The van der Waals surface area contributed by atoms with Crippen molar-refractivity contribution in [2.45, 2.75) is 57.4 Å². The van der Waals surface area contributed by atoms with Crippen molar-refractivity contribution >= 4 is 5.91 Å². The molecular weight excluding hydrogens is 285 g/mol. The Morgan fingerprint density at radius 2 is 1.75 bits per heavy atom. The number of amides is 1. The van der Waals surface area contributed by atoms with Crippen molar-refractivity contribution in [3.63, 3.8) is 0 Å². The van der Waals surface area contributed by atoms with Gasteiger partial charge in [0.25, 0.3) is 0 Å². The summed E-state index contributed by atoms with van der Waals surface area (Å²) in [6, 6.07) is -0.984. The second-order valence-electron chi connectivity index (χ2n) is 5.63. The van der Waals surface area contributed by atoms with Gasteiger partial charge in [-0.05, 0) is 39.5 Å². The highest BCUT2D eigenvalue weighted by atomic mass is 19.4. The third-order valence-electron chi connectivity index (χ3n) is 3.42. The first-order valence-electron chi connectivity index (χ1n) is 6.27. The van der Waals surface area contributed by atoms with Gasteiger partial charge in [-0.25, -0.2) is 0 Å². The summed E-state index contributed by atoms with van der Waals surface area (Å²) in [6.07, 6.45) is -3.87. The second kappa shape index (κ2) is 5.46. The second-order valence-corrected chi connectivity index (χ2v) is 5.63. The van der Waals surface area contributed by atoms with Crippen LogP contribution in [0.4, 0.5) is 22.0 Å². The van der Waals surface area contributed by atoms with Crippen LogP contribution in [-0.4, -0.2) is 36.3 Å². The summed E-state index contributed by atoms with van der Waals surface area (Å²) in [5.41, 5.74) is -1.03. The molecule has 8 heteroatoms. The molecule has 0 saturated heterocycles. The Labute approximate surface area is 113 Å². The minimum atomic E-state index is -5.91. The number of alkyl halides is 5. The molecule has 20 heavy (non-hydrogen) atoms. The highest BCUT2D eigenvalue weighted by molar-refractivity contribution is 5.84. The van der Waals surface area contributed by atoms with Crippen LogP contribution in [0.5, 0.6) is 0 Å². The number of hydrogen-bond acceptors (Lipinski definition) is 2. The maximum absolute atomic E-state index is 12.8. The first-order chi connectivity index (χ1) is 8.88. The van der Waals surface area contributed by atoms with Crippen LogP contribution in [0.25, 0.3) is 0 Å². The zero-order valence-electron chi connectivity index (χ0n) is 11.5. The molecule has 0 aromatic rings. The highest BCUT2D eigenvalue weighted by Crippen LogP contribution is 2.36. The zero-order chi connectivity index (χ0) is 15.8. The standard InChI is InChI=1S/C12H18F5NO2/c1-7(10(2,3)20-6-8-4-5-8)18-9(19)11(13,14)12(15,16)17/h7-8H,4-6H2,1-3H3,(H,18,19). The van der Waals surface area contributed by atoms with E-state index in [2.05, 4.69) is 0 Å². The Kier molecular flexibility index (Phi) is 4.68. The third-order valence-corrected chi connectivity index (χ3v) is 3.42. The number of halogens is 5. The quantitative estimate of drug-likeness (QED) is 0.766. The number of ether oxygens (including phenoxy) is 1. The summed E-state index contributed by atoms with van der Waals surface area (Å²) < 4.78 is 67.3.